The number of carbonyl (C=O) groups is 1. The van der Waals surface area contributed by atoms with Crippen LogP contribution < -0.4 is 11.5 Å². The minimum Gasteiger partial charge on any atom is -0.394 e. The summed E-state index contributed by atoms with van der Waals surface area (Å²) in [5, 5.41) is 0. The van der Waals surface area contributed by atoms with Crippen molar-refractivity contribution in [2.45, 2.75) is 13.3 Å². The lowest BCUT2D eigenvalue weighted by Gasteiger charge is -2.04. The fourth-order valence-electron chi connectivity index (χ4n) is 1.21. The highest BCUT2D eigenvalue weighted by molar-refractivity contribution is 5.91. The van der Waals surface area contributed by atoms with Gasteiger partial charge in [-0.15, -0.1) is 0 Å². The molecule has 0 aliphatic rings. The lowest BCUT2D eigenvalue weighted by molar-refractivity contribution is -0.114. The van der Waals surface area contributed by atoms with Crippen LogP contribution in [-0.4, -0.2) is 5.91 Å². The van der Waals surface area contributed by atoms with Crippen LogP contribution in [0.2, 0.25) is 0 Å². The minimum atomic E-state index is -0.557. The first kappa shape index (κ1) is 10.3. The number of hydrogen-bond acceptors (Lipinski definition) is 2. The first-order valence-corrected chi connectivity index (χ1v) is 4.40. The van der Waals surface area contributed by atoms with Gasteiger partial charge >= 0.3 is 0 Å². The predicted molar refractivity (Wildman–Crippen MR) is 56.2 cm³/mol. The molecule has 0 heterocycles. The molecule has 0 radical (unpaired) electrons. The molecule has 0 spiro atoms. The van der Waals surface area contributed by atoms with Crippen LogP contribution in [0.4, 0.5) is 0 Å². The van der Waals surface area contributed by atoms with Gasteiger partial charge < -0.3 is 11.5 Å². The highest BCUT2D eigenvalue weighted by Crippen LogP contribution is 2.08. The second kappa shape index (κ2) is 4.46. The van der Waals surface area contributed by atoms with Crippen molar-refractivity contribution in [3.05, 3.63) is 47.2 Å². The zero-order valence-corrected chi connectivity index (χ0v) is 8.16. The van der Waals surface area contributed by atoms with Crippen molar-refractivity contribution in [2.24, 2.45) is 11.5 Å². The Morgan fingerprint density at radius 2 is 1.79 bits per heavy atom. The summed E-state index contributed by atoms with van der Waals surface area (Å²) in [7, 11) is 0. The summed E-state index contributed by atoms with van der Waals surface area (Å²) >= 11 is 0. The van der Waals surface area contributed by atoms with Gasteiger partial charge in [0.15, 0.2) is 0 Å². The Kier molecular flexibility index (Phi) is 3.29. The van der Waals surface area contributed by atoms with Crippen molar-refractivity contribution in [3.63, 3.8) is 0 Å². The average molecular weight is 190 g/mol. The van der Waals surface area contributed by atoms with Crippen molar-refractivity contribution in [3.8, 4) is 0 Å². The molecule has 0 saturated carbocycles. The Balaban J connectivity index is 2.80. The minimum absolute atomic E-state index is 0.161. The van der Waals surface area contributed by atoms with Crippen molar-refractivity contribution < 1.29 is 4.79 Å². The van der Waals surface area contributed by atoms with E-state index in [1.165, 1.54) is 0 Å². The molecule has 0 bridgehead atoms. The molecule has 0 aliphatic carbocycles. The van der Waals surface area contributed by atoms with Crippen LogP contribution >= 0.6 is 0 Å². The van der Waals surface area contributed by atoms with Crippen LogP contribution in [0.5, 0.6) is 0 Å². The van der Waals surface area contributed by atoms with E-state index in [-0.39, 0.29) is 5.70 Å². The van der Waals surface area contributed by atoms with Gasteiger partial charge in [0.25, 0.3) is 5.91 Å². The Labute approximate surface area is 83.4 Å². The van der Waals surface area contributed by atoms with E-state index in [1.54, 1.807) is 0 Å². The van der Waals surface area contributed by atoms with Gasteiger partial charge in [0.1, 0.15) is 0 Å². The molecule has 0 aliphatic heterocycles. The molecule has 0 atom stereocenters. The lowest BCUT2D eigenvalue weighted by Crippen LogP contribution is -2.22. The first-order valence-electron chi connectivity index (χ1n) is 4.40. The third kappa shape index (κ3) is 2.62. The highest BCUT2D eigenvalue weighted by Gasteiger charge is 2.04. The Bertz CT molecular complexity index is 355. The van der Waals surface area contributed by atoms with Gasteiger partial charge in [0, 0.05) is 0 Å². The summed E-state index contributed by atoms with van der Waals surface area (Å²) in [5.74, 6) is -0.557. The smallest absolute Gasteiger partial charge is 0.264 e. The van der Waals surface area contributed by atoms with E-state index < -0.39 is 5.91 Å². The molecular formula is C11H14N2O. The zero-order chi connectivity index (χ0) is 10.6. The van der Waals surface area contributed by atoms with Crippen molar-refractivity contribution >= 4 is 5.91 Å². The fraction of sp³-hybridized carbons (Fsp3) is 0.182. The van der Waals surface area contributed by atoms with Gasteiger partial charge in [-0.05, 0) is 24.5 Å². The van der Waals surface area contributed by atoms with E-state index in [0.717, 1.165) is 11.1 Å². The number of primary amides is 1. The molecule has 0 aromatic heterocycles. The van der Waals surface area contributed by atoms with E-state index in [1.807, 2.05) is 37.3 Å². The Hall–Kier alpha value is -1.77. The second-order valence-corrected chi connectivity index (χ2v) is 3.22. The summed E-state index contributed by atoms with van der Waals surface area (Å²) in [6.07, 6.45) is 0.662. The van der Waals surface area contributed by atoms with Gasteiger partial charge in [0.05, 0.1) is 5.70 Å². The van der Waals surface area contributed by atoms with E-state index >= 15 is 0 Å². The van der Waals surface area contributed by atoms with E-state index in [4.69, 9.17) is 11.5 Å². The number of rotatable bonds is 3. The van der Waals surface area contributed by atoms with Crippen LogP contribution in [0.15, 0.2) is 41.6 Å². The molecule has 3 nitrogen and oxygen atoms in total. The zero-order valence-electron chi connectivity index (χ0n) is 8.16. The van der Waals surface area contributed by atoms with Crippen LogP contribution in [0, 0.1) is 0 Å². The van der Waals surface area contributed by atoms with Gasteiger partial charge in [-0.25, -0.2) is 0 Å². The molecule has 1 rings (SSSR count). The maximum Gasteiger partial charge on any atom is 0.264 e. The monoisotopic (exact) mass is 190 g/mol. The summed E-state index contributed by atoms with van der Waals surface area (Å²) < 4.78 is 0. The van der Waals surface area contributed by atoms with Crippen LogP contribution in [-0.2, 0) is 11.2 Å². The van der Waals surface area contributed by atoms with E-state index in [9.17, 15) is 4.79 Å². The number of benzene rings is 1. The van der Waals surface area contributed by atoms with Crippen molar-refractivity contribution in [1.82, 2.24) is 0 Å². The predicted octanol–water partition coefficient (Wildman–Crippen LogP) is 0.947. The molecular weight excluding hydrogens is 176 g/mol. The SMILES string of the molecule is C/C(Cc1ccccc1)=C(\N)C(N)=O. The molecule has 4 N–H and O–H groups in total. The number of nitrogens with two attached hydrogens (primary N) is 2. The second-order valence-electron chi connectivity index (χ2n) is 3.22. The van der Waals surface area contributed by atoms with Crippen LogP contribution in [0.3, 0.4) is 0 Å². The van der Waals surface area contributed by atoms with Gasteiger partial charge in [-0.1, -0.05) is 30.3 Å². The topological polar surface area (TPSA) is 69.1 Å². The maximum atomic E-state index is 10.8. The van der Waals surface area contributed by atoms with Crippen LogP contribution in [0.1, 0.15) is 12.5 Å². The lowest BCUT2D eigenvalue weighted by atomic mass is 10.0. The third-order valence-corrected chi connectivity index (χ3v) is 2.04. The highest BCUT2D eigenvalue weighted by atomic mass is 16.1. The van der Waals surface area contributed by atoms with Crippen molar-refractivity contribution in [2.75, 3.05) is 0 Å². The quantitative estimate of drug-likeness (QED) is 0.696. The molecule has 1 aromatic carbocycles. The van der Waals surface area contributed by atoms with Gasteiger partial charge in [-0.3, -0.25) is 4.79 Å². The van der Waals surface area contributed by atoms with Crippen molar-refractivity contribution in [1.29, 1.82) is 0 Å². The first-order chi connectivity index (χ1) is 6.61. The maximum absolute atomic E-state index is 10.8. The fourth-order valence-corrected chi connectivity index (χ4v) is 1.21. The molecule has 14 heavy (non-hydrogen) atoms. The Morgan fingerprint density at radius 1 is 1.21 bits per heavy atom. The Morgan fingerprint density at radius 3 is 2.29 bits per heavy atom. The molecule has 0 unspecified atom stereocenters. The number of allylic oxidation sites excluding steroid dienone is 1. The molecule has 0 saturated heterocycles. The number of hydrogen-bond donors (Lipinski definition) is 2. The number of amides is 1. The summed E-state index contributed by atoms with van der Waals surface area (Å²) in [4.78, 5) is 10.8. The van der Waals surface area contributed by atoms with E-state index in [2.05, 4.69) is 0 Å². The van der Waals surface area contributed by atoms with Crippen LogP contribution in [0.25, 0.3) is 0 Å². The normalized spacial score (nSPS) is 12.1. The standard InChI is InChI=1S/C11H14N2O/c1-8(10(12)11(13)14)7-9-5-3-2-4-6-9/h2-6H,7,12H2,1H3,(H2,13,14)/b10-8+. The third-order valence-electron chi connectivity index (χ3n) is 2.04. The average Bonchev–Trinajstić information content (AvgIpc) is 2.18. The summed E-state index contributed by atoms with van der Waals surface area (Å²) in [6.45, 7) is 1.81. The van der Waals surface area contributed by atoms with E-state index in [0.29, 0.717) is 6.42 Å². The summed E-state index contributed by atoms with van der Waals surface area (Å²) in [6, 6.07) is 9.81. The number of carbonyl (C=O) groups excluding carboxylic acids is 1. The molecule has 1 amide bonds. The summed E-state index contributed by atoms with van der Waals surface area (Å²) in [5.41, 5.74) is 12.7. The molecule has 3 heteroatoms. The molecule has 1 aromatic rings. The largest absolute Gasteiger partial charge is 0.394 e. The molecule has 74 valence electrons. The molecule has 0 fully saturated rings. The van der Waals surface area contributed by atoms with Gasteiger partial charge in [0.2, 0.25) is 0 Å². The van der Waals surface area contributed by atoms with Gasteiger partial charge in [-0.2, -0.15) is 0 Å².